The van der Waals surface area contributed by atoms with Gasteiger partial charge in [-0.15, -0.1) is 0 Å². The molecule has 0 unspecified atom stereocenters. The van der Waals surface area contributed by atoms with E-state index in [0.717, 1.165) is 23.2 Å². The van der Waals surface area contributed by atoms with E-state index in [1.165, 1.54) is 0 Å². The van der Waals surface area contributed by atoms with Crippen molar-refractivity contribution in [1.82, 2.24) is 10.6 Å². The molecule has 0 atom stereocenters. The second-order valence-electron chi connectivity index (χ2n) is 3.16. The van der Waals surface area contributed by atoms with Gasteiger partial charge in [-0.25, -0.2) is 0 Å². The van der Waals surface area contributed by atoms with Crippen LogP contribution < -0.4 is 10.6 Å². The maximum absolute atomic E-state index is 11.4. The molecule has 1 aliphatic heterocycles. The predicted octanol–water partition coefficient (Wildman–Crippen LogP) is 0.649. The lowest BCUT2D eigenvalue weighted by Crippen LogP contribution is -2.15. The summed E-state index contributed by atoms with van der Waals surface area (Å²) in [5.74, 6) is 0.0563. The first-order chi connectivity index (χ1) is 6.33. The molecule has 0 radical (unpaired) electrons. The molecule has 1 aliphatic rings. The van der Waals surface area contributed by atoms with Gasteiger partial charge in [0.1, 0.15) is 0 Å². The van der Waals surface area contributed by atoms with Gasteiger partial charge in [0, 0.05) is 18.7 Å². The topological polar surface area (TPSA) is 41.1 Å². The predicted molar refractivity (Wildman–Crippen MR) is 50.4 cm³/mol. The van der Waals surface area contributed by atoms with Gasteiger partial charge in [0.15, 0.2) is 0 Å². The van der Waals surface area contributed by atoms with Crippen LogP contribution >= 0.6 is 0 Å². The van der Waals surface area contributed by atoms with Crippen LogP contribution in [-0.2, 0) is 13.1 Å². The lowest BCUT2D eigenvalue weighted by atomic mass is 10.0. The Morgan fingerprint density at radius 2 is 2.38 bits per heavy atom. The highest BCUT2D eigenvalue weighted by molar-refractivity contribution is 5.99. The van der Waals surface area contributed by atoms with Crippen molar-refractivity contribution < 1.29 is 4.79 Å². The summed E-state index contributed by atoms with van der Waals surface area (Å²) in [6, 6.07) is 5.97. The monoisotopic (exact) mass is 176 g/mol. The van der Waals surface area contributed by atoms with Crippen molar-refractivity contribution in [3.8, 4) is 0 Å². The minimum absolute atomic E-state index is 0.0563. The summed E-state index contributed by atoms with van der Waals surface area (Å²) in [7, 11) is 1.88. The molecule has 0 aliphatic carbocycles. The molecule has 1 aromatic rings. The SMILES string of the molecule is CNCc1cccc2c1C(=O)NC2. The molecule has 0 fully saturated rings. The zero-order valence-corrected chi connectivity index (χ0v) is 7.55. The van der Waals surface area contributed by atoms with E-state index in [2.05, 4.69) is 10.6 Å². The maximum atomic E-state index is 11.4. The third kappa shape index (κ3) is 1.31. The summed E-state index contributed by atoms with van der Waals surface area (Å²) in [4.78, 5) is 11.4. The number of benzene rings is 1. The summed E-state index contributed by atoms with van der Waals surface area (Å²) in [5, 5.41) is 5.87. The molecular weight excluding hydrogens is 164 g/mol. The van der Waals surface area contributed by atoms with Crippen LogP contribution in [0.25, 0.3) is 0 Å². The fourth-order valence-corrected chi connectivity index (χ4v) is 1.69. The van der Waals surface area contributed by atoms with Gasteiger partial charge in [-0.2, -0.15) is 0 Å². The summed E-state index contributed by atoms with van der Waals surface area (Å²) in [6.07, 6.45) is 0. The molecule has 0 saturated carbocycles. The highest BCUT2D eigenvalue weighted by Gasteiger charge is 2.21. The molecule has 0 aromatic heterocycles. The van der Waals surface area contributed by atoms with Gasteiger partial charge in [-0.05, 0) is 18.2 Å². The van der Waals surface area contributed by atoms with E-state index in [0.29, 0.717) is 6.54 Å². The number of carbonyl (C=O) groups excluding carboxylic acids is 1. The maximum Gasteiger partial charge on any atom is 0.252 e. The van der Waals surface area contributed by atoms with Gasteiger partial charge in [0.2, 0.25) is 0 Å². The van der Waals surface area contributed by atoms with E-state index in [1.807, 2.05) is 25.2 Å². The summed E-state index contributed by atoms with van der Waals surface area (Å²) in [6.45, 7) is 1.42. The average Bonchev–Trinajstić information content (AvgIpc) is 2.50. The average molecular weight is 176 g/mol. The van der Waals surface area contributed by atoms with Gasteiger partial charge in [-0.1, -0.05) is 18.2 Å². The molecule has 0 bridgehead atoms. The standard InChI is InChI=1S/C10H12N2O/c1-11-5-7-3-2-4-8-6-12-10(13)9(7)8/h2-4,11H,5-6H2,1H3,(H,12,13). The van der Waals surface area contributed by atoms with E-state index in [4.69, 9.17) is 0 Å². The van der Waals surface area contributed by atoms with E-state index in [9.17, 15) is 4.79 Å². The first kappa shape index (κ1) is 8.26. The van der Waals surface area contributed by atoms with Gasteiger partial charge in [0.05, 0.1) is 0 Å². The van der Waals surface area contributed by atoms with E-state index in [1.54, 1.807) is 0 Å². The van der Waals surface area contributed by atoms with E-state index in [-0.39, 0.29) is 5.91 Å². The van der Waals surface area contributed by atoms with Crippen molar-refractivity contribution in [1.29, 1.82) is 0 Å². The highest BCUT2D eigenvalue weighted by Crippen LogP contribution is 2.19. The zero-order chi connectivity index (χ0) is 9.26. The fraction of sp³-hybridized carbons (Fsp3) is 0.300. The Balaban J connectivity index is 2.47. The molecule has 13 heavy (non-hydrogen) atoms. The molecule has 2 rings (SSSR count). The van der Waals surface area contributed by atoms with E-state index >= 15 is 0 Å². The number of carbonyl (C=O) groups is 1. The number of hydrogen-bond acceptors (Lipinski definition) is 2. The van der Waals surface area contributed by atoms with Crippen molar-refractivity contribution in [2.24, 2.45) is 0 Å². The van der Waals surface area contributed by atoms with Crippen molar-refractivity contribution in [3.05, 3.63) is 34.9 Å². The summed E-state index contributed by atoms with van der Waals surface area (Å²) >= 11 is 0. The Kier molecular flexibility index (Phi) is 2.02. The van der Waals surface area contributed by atoms with Crippen LogP contribution in [-0.4, -0.2) is 13.0 Å². The van der Waals surface area contributed by atoms with Crippen LogP contribution in [0.3, 0.4) is 0 Å². The van der Waals surface area contributed by atoms with Crippen molar-refractivity contribution >= 4 is 5.91 Å². The fourth-order valence-electron chi connectivity index (χ4n) is 1.69. The molecule has 3 heteroatoms. The Bertz CT molecular complexity index is 347. The van der Waals surface area contributed by atoms with Gasteiger partial charge in [-0.3, -0.25) is 4.79 Å². The first-order valence-corrected chi connectivity index (χ1v) is 4.36. The molecular formula is C10H12N2O. The molecule has 0 spiro atoms. The van der Waals surface area contributed by atoms with Crippen molar-refractivity contribution in [3.63, 3.8) is 0 Å². The number of nitrogens with one attached hydrogen (secondary N) is 2. The van der Waals surface area contributed by atoms with E-state index < -0.39 is 0 Å². The summed E-state index contributed by atoms with van der Waals surface area (Å²) in [5.41, 5.74) is 3.05. The number of fused-ring (bicyclic) bond motifs is 1. The molecule has 1 heterocycles. The molecule has 1 amide bonds. The lowest BCUT2D eigenvalue weighted by molar-refractivity contribution is 0.0965. The van der Waals surface area contributed by atoms with Crippen LogP contribution in [0.15, 0.2) is 18.2 Å². The minimum Gasteiger partial charge on any atom is -0.348 e. The van der Waals surface area contributed by atoms with Crippen LogP contribution in [0.5, 0.6) is 0 Å². The second kappa shape index (κ2) is 3.18. The largest absolute Gasteiger partial charge is 0.348 e. The van der Waals surface area contributed by atoms with Crippen LogP contribution in [0.4, 0.5) is 0 Å². The van der Waals surface area contributed by atoms with Gasteiger partial charge in [0.25, 0.3) is 5.91 Å². The van der Waals surface area contributed by atoms with Crippen LogP contribution in [0.2, 0.25) is 0 Å². The highest BCUT2D eigenvalue weighted by atomic mass is 16.1. The summed E-state index contributed by atoms with van der Waals surface area (Å²) < 4.78 is 0. The van der Waals surface area contributed by atoms with Crippen molar-refractivity contribution in [2.75, 3.05) is 7.05 Å². The number of hydrogen-bond donors (Lipinski definition) is 2. The Labute approximate surface area is 77.1 Å². The molecule has 1 aromatic carbocycles. The third-order valence-electron chi connectivity index (χ3n) is 2.27. The third-order valence-corrected chi connectivity index (χ3v) is 2.27. The number of amides is 1. The number of rotatable bonds is 2. The van der Waals surface area contributed by atoms with Crippen molar-refractivity contribution in [2.45, 2.75) is 13.1 Å². The minimum atomic E-state index is 0.0563. The lowest BCUT2D eigenvalue weighted by Gasteiger charge is -2.04. The first-order valence-electron chi connectivity index (χ1n) is 4.36. The normalized spacial score (nSPS) is 14.1. The molecule has 2 N–H and O–H groups in total. The quantitative estimate of drug-likeness (QED) is 0.694. The molecule has 68 valence electrons. The Morgan fingerprint density at radius 1 is 1.54 bits per heavy atom. The Morgan fingerprint density at radius 3 is 3.15 bits per heavy atom. The second-order valence-corrected chi connectivity index (χ2v) is 3.16. The molecule has 3 nitrogen and oxygen atoms in total. The molecule has 0 saturated heterocycles. The van der Waals surface area contributed by atoms with Gasteiger partial charge >= 0.3 is 0 Å². The smallest absolute Gasteiger partial charge is 0.252 e. The van der Waals surface area contributed by atoms with Crippen LogP contribution in [0, 0.1) is 0 Å². The Hall–Kier alpha value is -1.35. The van der Waals surface area contributed by atoms with Gasteiger partial charge < -0.3 is 10.6 Å². The van der Waals surface area contributed by atoms with Crippen LogP contribution in [0.1, 0.15) is 21.5 Å². The zero-order valence-electron chi connectivity index (χ0n) is 7.55.